The summed E-state index contributed by atoms with van der Waals surface area (Å²) in [7, 11) is 0. The smallest absolute Gasteiger partial charge is 0.303 e. The SMILES string of the molecule is CCCCC(CO)C/C=C/[C@H]1[C@H](CO)CC(=O)[C@@H]1CCCCCCC(=O)O. The van der Waals surface area contributed by atoms with Crippen LogP contribution in [-0.4, -0.2) is 40.3 Å². The zero-order chi connectivity index (χ0) is 20.1. The molecule has 1 aliphatic carbocycles. The number of aliphatic carboxylic acids is 1. The van der Waals surface area contributed by atoms with Gasteiger partial charge in [-0.05, 0) is 43.4 Å². The van der Waals surface area contributed by atoms with E-state index in [1.807, 2.05) is 0 Å². The topological polar surface area (TPSA) is 94.8 Å². The summed E-state index contributed by atoms with van der Waals surface area (Å²) in [6, 6.07) is 0. The Bertz CT molecular complexity index is 460. The highest BCUT2D eigenvalue weighted by Gasteiger charge is 2.39. The van der Waals surface area contributed by atoms with Crippen molar-refractivity contribution in [2.24, 2.45) is 23.7 Å². The molecule has 4 atom stereocenters. The molecule has 0 spiro atoms. The highest BCUT2D eigenvalue weighted by Crippen LogP contribution is 2.38. The van der Waals surface area contributed by atoms with Crippen LogP contribution >= 0.6 is 0 Å². The highest BCUT2D eigenvalue weighted by molar-refractivity contribution is 5.84. The molecule has 156 valence electrons. The fourth-order valence-corrected chi connectivity index (χ4v) is 4.12. The Hall–Kier alpha value is -1.20. The van der Waals surface area contributed by atoms with Crippen LogP contribution in [0.4, 0.5) is 0 Å². The largest absolute Gasteiger partial charge is 0.481 e. The molecule has 1 aliphatic rings. The van der Waals surface area contributed by atoms with E-state index in [0.29, 0.717) is 12.8 Å². The van der Waals surface area contributed by atoms with Gasteiger partial charge < -0.3 is 15.3 Å². The van der Waals surface area contributed by atoms with Crippen LogP contribution in [0.15, 0.2) is 12.2 Å². The quantitative estimate of drug-likeness (QED) is 0.294. The number of carboxylic acid groups (broad SMARTS) is 1. The summed E-state index contributed by atoms with van der Waals surface area (Å²) < 4.78 is 0. The third kappa shape index (κ3) is 9.02. The zero-order valence-corrected chi connectivity index (χ0v) is 16.8. The normalized spacial score (nSPS) is 24.0. The van der Waals surface area contributed by atoms with Crippen molar-refractivity contribution in [3.63, 3.8) is 0 Å². The number of carbonyl (C=O) groups is 2. The van der Waals surface area contributed by atoms with E-state index in [-0.39, 0.29) is 49.1 Å². The predicted molar refractivity (Wildman–Crippen MR) is 106 cm³/mol. The van der Waals surface area contributed by atoms with Crippen molar-refractivity contribution in [3.8, 4) is 0 Å². The number of carbonyl (C=O) groups excluding carboxylic acids is 1. The number of aliphatic hydroxyl groups excluding tert-OH is 2. The molecule has 0 bridgehead atoms. The Morgan fingerprint density at radius 1 is 1.19 bits per heavy atom. The molecule has 1 fully saturated rings. The van der Waals surface area contributed by atoms with E-state index < -0.39 is 5.97 Å². The van der Waals surface area contributed by atoms with Gasteiger partial charge in [0.05, 0.1) is 0 Å². The number of unbranched alkanes of at least 4 members (excludes halogenated alkanes) is 4. The number of allylic oxidation sites excluding steroid dienone is 2. The molecule has 0 amide bonds. The summed E-state index contributed by atoms with van der Waals surface area (Å²) in [5.41, 5.74) is 0. The van der Waals surface area contributed by atoms with E-state index in [9.17, 15) is 19.8 Å². The van der Waals surface area contributed by atoms with Crippen LogP contribution in [0, 0.1) is 23.7 Å². The van der Waals surface area contributed by atoms with Gasteiger partial charge in [0.1, 0.15) is 5.78 Å². The molecule has 1 unspecified atom stereocenters. The number of ketones is 1. The maximum atomic E-state index is 12.4. The molecule has 0 aromatic rings. The molecule has 5 heteroatoms. The summed E-state index contributed by atoms with van der Waals surface area (Å²) in [5.74, 6) is -0.156. The van der Waals surface area contributed by atoms with E-state index in [2.05, 4.69) is 19.1 Å². The van der Waals surface area contributed by atoms with E-state index in [4.69, 9.17) is 5.11 Å². The Labute approximate surface area is 163 Å². The maximum absolute atomic E-state index is 12.4. The lowest BCUT2D eigenvalue weighted by Crippen LogP contribution is -2.18. The second-order valence-electron chi connectivity index (χ2n) is 8.00. The number of rotatable bonds is 15. The lowest BCUT2D eigenvalue weighted by atomic mass is 9.85. The van der Waals surface area contributed by atoms with Gasteiger partial charge in [-0.1, -0.05) is 51.2 Å². The van der Waals surface area contributed by atoms with E-state index >= 15 is 0 Å². The summed E-state index contributed by atoms with van der Waals surface area (Å²) in [6.45, 7) is 2.37. The molecule has 0 saturated heterocycles. The molecular weight excluding hydrogens is 344 g/mol. The van der Waals surface area contributed by atoms with E-state index in [1.54, 1.807) is 0 Å². The third-order valence-corrected chi connectivity index (χ3v) is 5.83. The number of carboxylic acids is 1. The molecule has 0 aromatic carbocycles. The van der Waals surface area contributed by atoms with Gasteiger partial charge in [-0.25, -0.2) is 0 Å². The first-order valence-electron chi connectivity index (χ1n) is 10.7. The number of Topliss-reactive ketones (excluding diaryl/α,β-unsaturated/α-hetero) is 1. The van der Waals surface area contributed by atoms with Crippen LogP contribution in [0.3, 0.4) is 0 Å². The molecule has 0 heterocycles. The minimum absolute atomic E-state index is 0.00831. The third-order valence-electron chi connectivity index (χ3n) is 5.83. The minimum atomic E-state index is -0.753. The lowest BCUT2D eigenvalue weighted by Gasteiger charge is -2.20. The van der Waals surface area contributed by atoms with Gasteiger partial charge in [0.15, 0.2) is 0 Å². The summed E-state index contributed by atoms with van der Waals surface area (Å²) in [6.07, 6.45) is 13.2. The van der Waals surface area contributed by atoms with Gasteiger partial charge in [-0.2, -0.15) is 0 Å². The number of aliphatic hydroxyl groups is 2. The lowest BCUT2D eigenvalue weighted by molar-refractivity contribution is -0.137. The first-order valence-corrected chi connectivity index (χ1v) is 10.7. The fraction of sp³-hybridized carbons (Fsp3) is 0.818. The Morgan fingerprint density at radius 3 is 2.56 bits per heavy atom. The summed E-state index contributed by atoms with van der Waals surface area (Å²) in [4.78, 5) is 22.9. The molecule has 3 N–H and O–H groups in total. The first kappa shape index (κ1) is 23.8. The van der Waals surface area contributed by atoms with Gasteiger partial charge in [-0.15, -0.1) is 0 Å². The van der Waals surface area contributed by atoms with Crippen molar-refractivity contribution >= 4 is 11.8 Å². The van der Waals surface area contributed by atoms with Gasteiger partial charge in [0, 0.05) is 32.0 Å². The Morgan fingerprint density at radius 2 is 1.93 bits per heavy atom. The van der Waals surface area contributed by atoms with Gasteiger partial charge in [0.2, 0.25) is 0 Å². The van der Waals surface area contributed by atoms with Crippen LogP contribution in [0.25, 0.3) is 0 Å². The molecule has 0 radical (unpaired) electrons. The molecule has 1 rings (SSSR count). The summed E-state index contributed by atoms with van der Waals surface area (Å²) in [5, 5.41) is 27.8. The number of hydrogen-bond acceptors (Lipinski definition) is 4. The van der Waals surface area contributed by atoms with Crippen molar-refractivity contribution in [3.05, 3.63) is 12.2 Å². The van der Waals surface area contributed by atoms with Crippen LogP contribution in [-0.2, 0) is 9.59 Å². The molecule has 5 nitrogen and oxygen atoms in total. The zero-order valence-electron chi connectivity index (χ0n) is 16.8. The minimum Gasteiger partial charge on any atom is -0.481 e. The van der Waals surface area contributed by atoms with Crippen molar-refractivity contribution in [1.82, 2.24) is 0 Å². The molecule has 1 saturated carbocycles. The average Bonchev–Trinajstić information content (AvgIpc) is 2.95. The molecule has 0 aromatic heterocycles. The molecule has 0 aliphatic heterocycles. The van der Waals surface area contributed by atoms with E-state index in [0.717, 1.165) is 51.4 Å². The summed E-state index contributed by atoms with van der Waals surface area (Å²) >= 11 is 0. The van der Waals surface area contributed by atoms with Crippen molar-refractivity contribution < 1.29 is 24.9 Å². The maximum Gasteiger partial charge on any atom is 0.303 e. The van der Waals surface area contributed by atoms with Gasteiger partial charge in [0.25, 0.3) is 0 Å². The second-order valence-corrected chi connectivity index (χ2v) is 8.00. The van der Waals surface area contributed by atoms with Gasteiger partial charge in [-0.3, -0.25) is 9.59 Å². The monoisotopic (exact) mass is 382 g/mol. The van der Waals surface area contributed by atoms with Crippen LogP contribution in [0.1, 0.15) is 77.6 Å². The van der Waals surface area contributed by atoms with Crippen LogP contribution in [0.2, 0.25) is 0 Å². The van der Waals surface area contributed by atoms with Crippen molar-refractivity contribution in [2.45, 2.75) is 77.6 Å². The van der Waals surface area contributed by atoms with Crippen LogP contribution in [0.5, 0.6) is 0 Å². The molecular formula is C22H38O5. The van der Waals surface area contributed by atoms with Gasteiger partial charge >= 0.3 is 5.97 Å². The molecule has 27 heavy (non-hydrogen) atoms. The second kappa shape index (κ2) is 13.9. The van der Waals surface area contributed by atoms with E-state index in [1.165, 1.54) is 0 Å². The van der Waals surface area contributed by atoms with Crippen LogP contribution < -0.4 is 0 Å². The predicted octanol–water partition coefficient (Wildman–Crippen LogP) is 3.97. The standard InChI is InChI=1S/C22H38O5/c1-2-3-9-17(15-23)10-8-12-19-18(16-24)14-21(25)20(19)11-6-4-5-7-13-22(26)27/h8,12,17-20,23-24H,2-7,9-11,13-16H2,1H3,(H,26,27)/b12-8+/t17?,18-,19-,20+/m0/s1. The highest BCUT2D eigenvalue weighted by atomic mass is 16.4. The fourth-order valence-electron chi connectivity index (χ4n) is 4.12. The first-order chi connectivity index (χ1) is 13.0. The van der Waals surface area contributed by atoms with Crippen molar-refractivity contribution in [1.29, 1.82) is 0 Å². The van der Waals surface area contributed by atoms with Crippen molar-refractivity contribution in [2.75, 3.05) is 13.2 Å². The number of hydrogen-bond donors (Lipinski definition) is 3. The average molecular weight is 383 g/mol. The Balaban J connectivity index is 2.50. The Kier molecular flexibility index (Phi) is 12.3.